The number of rotatable bonds is 8. The maximum atomic E-state index is 14.0. The number of aromatic carboxylic acids is 4. The van der Waals surface area contributed by atoms with Gasteiger partial charge in [0.15, 0.2) is 0 Å². The van der Waals surface area contributed by atoms with Gasteiger partial charge in [0.25, 0.3) is 0 Å². The van der Waals surface area contributed by atoms with Gasteiger partial charge in [0.2, 0.25) is 10.8 Å². The van der Waals surface area contributed by atoms with Crippen LogP contribution in [0.25, 0.3) is 0 Å². The smallest absolute Gasteiger partial charge is 0.411 e. The molecule has 12 nitrogen and oxygen atoms in total. The number of nitrogen functional groups attached to an aromatic ring is 4. The third-order valence-corrected chi connectivity index (χ3v) is 8.56. The van der Waals surface area contributed by atoms with Crippen molar-refractivity contribution in [3.05, 3.63) is 117 Å². The van der Waals surface area contributed by atoms with E-state index in [0.717, 1.165) is 0 Å². The monoisotopic (exact) mass is 844 g/mol. The van der Waals surface area contributed by atoms with Crippen LogP contribution >= 0.6 is 0 Å². The lowest BCUT2D eigenvalue weighted by Crippen LogP contribution is -2.55. The van der Waals surface area contributed by atoms with Crippen LogP contribution in [-0.4, -0.2) is 69.0 Å². The van der Waals surface area contributed by atoms with Crippen LogP contribution < -0.4 is 22.9 Å². The second-order valence-corrected chi connectivity index (χ2v) is 11.9. The molecule has 4 rings (SSSR count). The minimum atomic E-state index is -6.04. The molecule has 4 aromatic rings. The molecule has 0 bridgehead atoms. The Balaban J connectivity index is 0.000000310. The molecule has 12 N–H and O–H groups in total. The molecule has 312 valence electrons. The molecule has 4 aromatic carbocycles. The summed E-state index contributed by atoms with van der Waals surface area (Å²) in [5, 5.41) is 35.9. The van der Waals surface area contributed by atoms with Gasteiger partial charge in [0.1, 0.15) is 0 Å². The first-order chi connectivity index (χ1) is 26.3. The van der Waals surface area contributed by atoms with E-state index < -0.39 is 127 Å². The first-order valence-corrected chi connectivity index (χ1v) is 15.1. The fourth-order valence-electron chi connectivity index (χ4n) is 5.90. The lowest BCUT2D eigenvalue weighted by Gasteiger charge is -2.38. The van der Waals surface area contributed by atoms with Crippen molar-refractivity contribution in [2.45, 2.75) is 35.5 Å². The number of carboxylic acid groups (broad SMARTS) is 4. The third kappa shape index (κ3) is 7.75. The first-order valence-electron chi connectivity index (χ1n) is 15.1. The van der Waals surface area contributed by atoms with E-state index in [0.29, 0.717) is 48.5 Å². The number of nitrogens with two attached hydrogens (primary N) is 4. The third-order valence-electron chi connectivity index (χ3n) is 8.56. The van der Waals surface area contributed by atoms with Crippen LogP contribution in [0.15, 0.2) is 72.8 Å². The number of benzene rings is 4. The van der Waals surface area contributed by atoms with Crippen LogP contribution in [0.1, 0.15) is 63.7 Å². The van der Waals surface area contributed by atoms with Gasteiger partial charge in [0, 0.05) is 22.7 Å². The zero-order valence-corrected chi connectivity index (χ0v) is 28.2. The quantitative estimate of drug-likeness (QED) is 0.0642. The zero-order valence-electron chi connectivity index (χ0n) is 28.2. The van der Waals surface area contributed by atoms with E-state index in [4.69, 9.17) is 43.4 Å². The lowest BCUT2D eigenvalue weighted by molar-refractivity contribution is -0.290. The van der Waals surface area contributed by atoms with Crippen molar-refractivity contribution in [2.24, 2.45) is 0 Å². The molecule has 0 spiro atoms. The maximum Gasteiger partial charge on any atom is 0.411 e. The number of hydrogen-bond acceptors (Lipinski definition) is 8. The summed E-state index contributed by atoms with van der Waals surface area (Å²) < 4.78 is 168. The molecule has 24 heteroatoms. The normalized spacial score (nSPS) is 12.6. The van der Waals surface area contributed by atoms with E-state index in [1.54, 1.807) is 0 Å². The molecule has 0 atom stereocenters. The second kappa shape index (κ2) is 15.2. The maximum absolute atomic E-state index is 14.0. The van der Waals surface area contributed by atoms with Gasteiger partial charge in [-0.15, -0.1) is 0 Å². The molecular formula is C34H24F12N4O8. The predicted molar refractivity (Wildman–Crippen MR) is 177 cm³/mol. The van der Waals surface area contributed by atoms with Crippen LogP contribution in [0.3, 0.4) is 0 Å². The van der Waals surface area contributed by atoms with Crippen molar-refractivity contribution in [3.8, 4) is 0 Å². The van der Waals surface area contributed by atoms with Gasteiger partial charge in [-0.2, -0.15) is 52.7 Å². The summed E-state index contributed by atoms with van der Waals surface area (Å²) in [6.45, 7) is 0. The number of carbonyl (C=O) groups is 4. The van der Waals surface area contributed by atoms with Gasteiger partial charge in [0.05, 0.1) is 22.3 Å². The van der Waals surface area contributed by atoms with Gasteiger partial charge in [-0.05, 0) is 70.8 Å². The van der Waals surface area contributed by atoms with E-state index in [1.807, 2.05) is 0 Å². The molecular weight excluding hydrogens is 820 g/mol. The van der Waals surface area contributed by atoms with Crippen LogP contribution in [0.5, 0.6) is 0 Å². The van der Waals surface area contributed by atoms with Gasteiger partial charge < -0.3 is 43.4 Å². The molecule has 0 aromatic heterocycles. The van der Waals surface area contributed by atoms with E-state index in [-0.39, 0.29) is 24.3 Å². The van der Waals surface area contributed by atoms with Crippen LogP contribution in [0.2, 0.25) is 0 Å². The second-order valence-electron chi connectivity index (χ2n) is 11.9. The predicted octanol–water partition coefficient (Wildman–Crippen LogP) is 7.32. The van der Waals surface area contributed by atoms with Crippen molar-refractivity contribution in [1.29, 1.82) is 0 Å². The number of alkyl halides is 12. The first kappa shape index (κ1) is 45.5. The van der Waals surface area contributed by atoms with E-state index in [2.05, 4.69) is 0 Å². The Morgan fingerprint density at radius 2 is 0.569 bits per heavy atom. The van der Waals surface area contributed by atoms with Gasteiger partial charge in [-0.25, -0.2) is 19.2 Å². The molecule has 58 heavy (non-hydrogen) atoms. The Kier molecular flexibility index (Phi) is 11.9. The van der Waals surface area contributed by atoms with E-state index in [9.17, 15) is 71.9 Å². The average molecular weight is 845 g/mol. The van der Waals surface area contributed by atoms with Crippen molar-refractivity contribution in [3.63, 3.8) is 0 Å². The number of anilines is 4. The molecule has 0 unspecified atom stereocenters. The summed E-state index contributed by atoms with van der Waals surface area (Å²) in [6, 6.07) is 4.58. The van der Waals surface area contributed by atoms with Crippen molar-refractivity contribution in [1.82, 2.24) is 0 Å². The SMILES string of the molecule is Nc1cc(C(c2ccc(C(=O)O)c(N)c2)(C(F)(F)F)C(F)(F)F)ccc1C(=O)O.Nc1ccc(C(c2ccc(N)c(C(=O)O)c2)(C(F)(F)F)C(F)(F)F)cc1C(=O)O. The van der Waals surface area contributed by atoms with Gasteiger partial charge in [-0.3, -0.25) is 0 Å². The molecule has 0 aliphatic rings. The summed E-state index contributed by atoms with van der Waals surface area (Å²) in [7, 11) is 0. The number of hydrogen-bond donors (Lipinski definition) is 8. The summed E-state index contributed by atoms with van der Waals surface area (Å²) in [4.78, 5) is 44.4. The summed E-state index contributed by atoms with van der Waals surface area (Å²) in [5.41, 5.74) is 0.149. The number of carboxylic acids is 4. The van der Waals surface area contributed by atoms with E-state index in [1.165, 1.54) is 0 Å². The highest BCUT2D eigenvalue weighted by Gasteiger charge is 2.74. The topological polar surface area (TPSA) is 253 Å². The Bertz CT molecular complexity index is 2130. The molecule has 0 heterocycles. The van der Waals surface area contributed by atoms with Crippen molar-refractivity contribution < 1.29 is 92.3 Å². The molecule has 0 aliphatic carbocycles. The highest BCUT2D eigenvalue weighted by molar-refractivity contribution is 5.96. The minimum Gasteiger partial charge on any atom is -0.478 e. The number of halogens is 12. The molecule has 0 saturated heterocycles. The standard InChI is InChI=1S/2C17H12F6N2O4/c18-16(19,20)15(17(21,22)23,7-1-3-11(24)9(5-7)13(26)27)8-2-4-12(25)10(6-8)14(28)29;18-16(19,20)15(17(21,22)23,7-1-3-9(13(26)27)11(24)5-7)8-2-4-10(14(28)29)12(25)6-8/h2*1-6H,24-25H2,(H,26,27)(H,28,29). The summed E-state index contributed by atoms with van der Waals surface area (Å²) in [6.07, 6.45) is -24.0. The molecule has 0 fully saturated rings. The highest BCUT2D eigenvalue weighted by atomic mass is 19.4. The Morgan fingerprint density at radius 1 is 0.345 bits per heavy atom. The molecule has 0 radical (unpaired) electrons. The van der Waals surface area contributed by atoms with Gasteiger partial charge >= 0.3 is 48.6 Å². The Hall–Kier alpha value is -6.88. The average Bonchev–Trinajstić information content (AvgIpc) is 3.04. The fraction of sp³-hybridized carbons (Fsp3) is 0.176. The molecule has 0 aliphatic heterocycles. The Morgan fingerprint density at radius 3 is 0.776 bits per heavy atom. The van der Waals surface area contributed by atoms with Crippen molar-refractivity contribution in [2.75, 3.05) is 22.9 Å². The van der Waals surface area contributed by atoms with Crippen LogP contribution in [0.4, 0.5) is 75.4 Å². The fourth-order valence-corrected chi connectivity index (χ4v) is 5.90. The minimum absolute atomic E-state index is 0.162. The Labute approximate surface area is 314 Å². The molecule has 0 saturated carbocycles. The molecule has 0 amide bonds. The summed E-state index contributed by atoms with van der Waals surface area (Å²) in [5.74, 6) is -6.97. The van der Waals surface area contributed by atoms with Crippen LogP contribution in [-0.2, 0) is 10.8 Å². The van der Waals surface area contributed by atoms with Gasteiger partial charge in [-0.1, -0.05) is 24.3 Å². The highest BCUT2D eigenvalue weighted by Crippen LogP contribution is 2.58. The lowest BCUT2D eigenvalue weighted by atomic mass is 9.72. The van der Waals surface area contributed by atoms with Crippen LogP contribution in [0, 0.1) is 0 Å². The van der Waals surface area contributed by atoms with E-state index >= 15 is 0 Å². The van der Waals surface area contributed by atoms with Crippen molar-refractivity contribution >= 4 is 46.6 Å². The summed E-state index contributed by atoms with van der Waals surface area (Å²) >= 11 is 0. The largest absolute Gasteiger partial charge is 0.478 e. The zero-order chi connectivity index (χ0) is 44.7.